The summed E-state index contributed by atoms with van der Waals surface area (Å²) in [6.07, 6.45) is 11.4. The van der Waals surface area contributed by atoms with Gasteiger partial charge in [0.2, 0.25) is 0 Å². The van der Waals surface area contributed by atoms with E-state index in [-0.39, 0.29) is 12.1 Å². The van der Waals surface area contributed by atoms with E-state index in [2.05, 4.69) is 32.4 Å². The molecule has 4 rings (SSSR count). The number of rotatable bonds is 5. The average molecular weight is 341 g/mol. The van der Waals surface area contributed by atoms with Crippen molar-refractivity contribution >= 4 is 5.69 Å². The Labute approximate surface area is 148 Å². The topological polar surface area (TPSA) is 66.2 Å². The first-order valence-corrected chi connectivity index (χ1v) is 9.34. The summed E-state index contributed by atoms with van der Waals surface area (Å²) in [6.45, 7) is 3.02. The number of anilines is 1. The fourth-order valence-electron chi connectivity index (χ4n) is 4.28. The number of nitrogens with one attached hydrogen (secondary N) is 1. The van der Waals surface area contributed by atoms with Crippen molar-refractivity contribution in [2.75, 3.05) is 18.0 Å². The van der Waals surface area contributed by atoms with E-state index in [0.29, 0.717) is 12.0 Å². The standard InChI is InChI=1S/C19H27N5O/c25-19-13-15(14-24-9-1-6-21-24)12-18(19)22-16-4-10-23(11-5-16)17-2-7-20-8-3-17/h1-3,6-9,15-16,18-19,22,25H,4-5,10-14H2/t15?,18-,19-/m1/s1. The van der Waals surface area contributed by atoms with E-state index < -0.39 is 0 Å². The molecule has 3 heterocycles. The normalized spacial score (nSPS) is 27.7. The Morgan fingerprint density at radius 2 is 1.92 bits per heavy atom. The van der Waals surface area contributed by atoms with Crippen LogP contribution in [0.4, 0.5) is 5.69 Å². The predicted octanol–water partition coefficient (Wildman–Crippen LogP) is 1.68. The zero-order valence-electron chi connectivity index (χ0n) is 14.5. The van der Waals surface area contributed by atoms with Gasteiger partial charge in [-0.05, 0) is 49.8 Å². The summed E-state index contributed by atoms with van der Waals surface area (Å²) in [4.78, 5) is 6.51. The quantitative estimate of drug-likeness (QED) is 0.866. The molecule has 6 nitrogen and oxygen atoms in total. The van der Waals surface area contributed by atoms with E-state index in [1.54, 1.807) is 0 Å². The maximum absolute atomic E-state index is 10.4. The van der Waals surface area contributed by atoms with Crippen LogP contribution in [0.2, 0.25) is 0 Å². The molecule has 1 saturated carbocycles. The summed E-state index contributed by atoms with van der Waals surface area (Å²) in [6, 6.07) is 6.83. The number of pyridine rings is 1. The summed E-state index contributed by atoms with van der Waals surface area (Å²) < 4.78 is 1.98. The second-order valence-electron chi connectivity index (χ2n) is 7.37. The van der Waals surface area contributed by atoms with Crippen molar-refractivity contribution in [3.05, 3.63) is 43.0 Å². The number of nitrogens with zero attached hydrogens (tertiary/aromatic N) is 4. The maximum Gasteiger partial charge on any atom is 0.0696 e. The number of hydrogen-bond acceptors (Lipinski definition) is 5. The minimum atomic E-state index is -0.237. The summed E-state index contributed by atoms with van der Waals surface area (Å²) in [5.41, 5.74) is 1.26. The van der Waals surface area contributed by atoms with Gasteiger partial charge in [0, 0.05) is 62.2 Å². The Balaban J connectivity index is 1.26. The van der Waals surface area contributed by atoms with Crippen LogP contribution in [0.1, 0.15) is 25.7 Å². The molecule has 0 bridgehead atoms. The Morgan fingerprint density at radius 1 is 1.12 bits per heavy atom. The van der Waals surface area contributed by atoms with Crippen LogP contribution in [0.25, 0.3) is 0 Å². The van der Waals surface area contributed by atoms with Gasteiger partial charge in [0.15, 0.2) is 0 Å². The minimum absolute atomic E-state index is 0.220. The number of piperidine rings is 1. The molecule has 1 saturated heterocycles. The molecule has 25 heavy (non-hydrogen) atoms. The van der Waals surface area contributed by atoms with Gasteiger partial charge in [0.1, 0.15) is 0 Å². The van der Waals surface area contributed by atoms with Crippen LogP contribution >= 0.6 is 0 Å². The highest BCUT2D eigenvalue weighted by Crippen LogP contribution is 2.29. The lowest BCUT2D eigenvalue weighted by molar-refractivity contribution is 0.137. The average Bonchev–Trinajstić information content (AvgIpc) is 3.27. The Morgan fingerprint density at radius 3 is 2.64 bits per heavy atom. The van der Waals surface area contributed by atoms with Crippen LogP contribution in [0.3, 0.4) is 0 Å². The molecule has 2 fully saturated rings. The largest absolute Gasteiger partial charge is 0.391 e. The molecule has 1 aliphatic carbocycles. The van der Waals surface area contributed by atoms with E-state index in [1.165, 1.54) is 5.69 Å². The first-order chi connectivity index (χ1) is 12.3. The van der Waals surface area contributed by atoms with Crippen LogP contribution in [0.5, 0.6) is 0 Å². The van der Waals surface area contributed by atoms with Crippen molar-refractivity contribution in [3.8, 4) is 0 Å². The zero-order valence-corrected chi connectivity index (χ0v) is 14.5. The molecule has 0 amide bonds. The van der Waals surface area contributed by atoms with Crippen molar-refractivity contribution in [1.29, 1.82) is 0 Å². The second kappa shape index (κ2) is 7.54. The molecule has 0 aromatic carbocycles. The number of aliphatic hydroxyl groups excluding tert-OH is 1. The monoisotopic (exact) mass is 341 g/mol. The molecule has 1 aliphatic heterocycles. The Hall–Kier alpha value is -1.92. The van der Waals surface area contributed by atoms with E-state index in [0.717, 1.165) is 45.3 Å². The first-order valence-electron chi connectivity index (χ1n) is 9.34. The lowest BCUT2D eigenvalue weighted by Gasteiger charge is -2.35. The highest BCUT2D eigenvalue weighted by molar-refractivity contribution is 5.44. The summed E-state index contributed by atoms with van der Waals surface area (Å²) in [5, 5.41) is 18.5. The molecule has 2 N–H and O–H groups in total. The van der Waals surface area contributed by atoms with E-state index in [1.807, 2.05) is 35.5 Å². The second-order valence-corrected chi connectivity index (χ2v) is 7.37. The van der Waals surface area contributed by atoms with Gasteiger partial charge in [0.05, 0.1) is 6.10 Å². The molecule has 0 spiro atoms. The van der Waals surface area contributed by atoms with Crippen LogP contribution in [0.15, 0.2) is 43.0 Å². The number of aromatic nitrogens is 3. The molecule has 2 aliphatic rings. The fraction of sp³-hybridized carbons (Fsp3) is 0.579. The van der Waals surface area contributed by atoms with Gasteiger partial charge < -0.3 is 15.3 Å². The van der Waals surface area contributed by atoms with Gasteiger partial charge in [-0.15, -0.1) is 0 Å². The van der Waals surface area contributed by atoms with Crippen molar-refractivity contribution in [2.24, 2.45) is 5.92 Å². The first kappa shape index (κ1) is 16.5. The van der Waals surface area contributed by atoms with E-state index in [4.69, 9.17) is 0 Å². The van der Waals surface area contributed by atoms with Gasteiger partial charge >= 0.3 is 0 Å². The van der Waals surface area contributed by atoms with E-state index in [9.17, 15) is 5.11 Å². The molecule has 3 atom stereocenters. The van der Waals surface area contributed by atoms with Gasteiger partial charge in [-0.1, -0.05) is 0 Å². The lowest BCUT2D eigenvalue weighted by Crippen LogP contribution is -2.48. The van der Waals surface area contributed by atoms with Crippen LogP contribution in [-0.4, -0.2) is 51.1 Å². The number of hydrogen-bond donors (Lipinski definition) is 2. The van der Waals surface area contributed by atoms with Crippen LogP contribution < -0.4 is 10.2 Å². The van der Waals surface area contributed by atoms with Crippen molar-refractivity contribution in [3.63, 3.8) is 0 Å². The molecular formula is C19H27N5O. The molecule has 2 aromatic rings. The lowest BCUT2D eigenvalue weighted by atomic mass is 10.0. The van der Waals surface area contributed by atoms with Gasteiger partial charge in [0.25, 0.3) is 0 Å². The SMILES string of the molecule is O[C@@H]1CC(Cn2cccn2)C[C@H]1NC1CCN(c2ccncc2)CC1. The molecule has 0 radical (unpaired) electrons. The molecule has 2 aromatic heterocycles. The van der Waals surface area contributed by atoms with Gasteiger partial charge in [-0.25, -0.2) is 0 Å². The predicted molar refractivity (Wildman–Crippen MR) is 97.4 cm³/mol. The molecule has 1 unspecified atom stereocenters. The molecule has 134 valence electrons. The summed E-state index contributed by atoms with van der Waals surface area (Å²) >= 11 is 0. The zero-order chi connectivity index (χ0) is 17.1. The highest BCUT2D eigenvalue weighted by Gasteiger charge is 2.35. The third-order valence-electron chi connectivity index (χ3n) is 5.60. The third kappa shape index (κ3) is 4.02. The maximum atomic E-state index is 10.4. The third-order valence-corrected chi connectivity index (χ3v) is 5.60. The van der Waals surface area contributed by atoms with Gasteiger partial charge in [-0.2, -0.15) is 5.10 Å². The Kier molecular flexibility index (Phi) is 4.99. The smallest absolute Gasteiger partial charge is 0.0696 e. The number of aliphatic hydroxyl groups is 1. The van der Waals surface area contributed by atoms with Gasteiger partial charge in [-0.3, -0.25) is 9.67 Å². The van der Waals surface area contributed by atoms with E-state index >= 15 is 0 Å². The fourth-order valence-corrected chi connectivity index (χ4v) is 4.28. The highest BCUT2D eigenvalue weighted by atomic mass is 16.3. The molecule has 6 heteroatoms. The van der Waals surface area contributed by atoms with Crippen molar-refractivity contribution in [2.45, 2.75) is 50.4 Å². The summed E-state index contributed by atoms with van der Waals surface area (Å²) in [5.74, 6) is 0.504. The van der Waals surface area contributed by atoms with Crippen molar-refractivity contribution < 1.29 is 5.11 Å². The summed E-state index contributed by atoms with van der Waals surface area (Å²) in [7, 11) is 0. The Bertz CT molecular complexity index is 639. The van der Waals surface area contributed by atoms with Crippen LogP contribution in [-0.2, 0) is 6.54 Å². The minimum Gasteiger partial charge on any atom is -0.391 e. The van der Waals surface area contributed by atoms with Crippen LogP contribution in [0, 0.1) is 5.92 Å². The molecular weight excluding hydrogens is 314 g/mol. The van der Waals surface area contributed by atoms with Crippen molar-refractivity contribution in [1.82, 2.24) is 20.1 Å².